The van der Waals surface area contributed by atoms with Gasteiger partial charge in [0.15, 0.2) is 0 Å². The van der Waals surface area contributed by atoms with Gasteiger partial charge >= 0.3 is 0 Å². The summed E-state index contributed by atoms with van der Waals surface area (Å²) in [6, 6.07) is 8.69. The molecule has 2 N–H and O–H groups in total. The zero-order valence-corrected chi connectivity index (χ0v) is 10.1. The van der Waals surface area contributed by atoms with Crippen molar-refractivity contribution in [3.05, 3.63) is 64.7 Å². The van der Waals surface area contributed by atoms with Crippen molar-refractivity contribution in [1.29, 1.82) is 0 Å². The fourth-order valence-electron chi connectivity index (χ4n) is 1.76. The van der Waals surface area contributed by atoms with Gasteiger partial charge in [0.1, 0.15) is 5.82 Å². The van der Waals surface area contributed by atoms with Crippen LogP contribution in [-0.4, -0.2) is 4.98 Å². The number of nitrogens with zero attached hydrogens (tertiary/aromatic N) is 1. The molecule has 0 aliphatic heterocycles. The number of rotatable bonds is 2. The Morgan fingerprint density at radius 1 is 1.35 bits per heavy atom. The summed E-state index contributed by atoms with van der Waals surface area (Å²) in [5.74, 6) is -0.419. The second kappa shape index (κ2) is 4.43. The Kier molecular flexibility index (Phi) is 3.13. The molecule has 2 aromatic rings. The van der Waals surface area contributed by atoms with E-state index in [9.17, 15) is 4.39 Å². The Labute approximate surface area is 104 Å². The topological polar surface area (TPSA) is 38.9 Å². The molecule has 1 unspecified atom stereocenters. The maximum Gasteiger partial charge on any atom is 0.146 e. The Hall–Kier alpha value is -1.45. The zero-order valence-electron chi connectivity index (χ0n) is 9.32. The summed E-state index contributed by atoms with van der Waals surface area (Å²) >= 11 is 5.92. The molecule has 0 fully saturated rings. The van der Waals surface area contributed by atoms with Gasteiger partial charge in [-0.1, -0.05) is 23.7 Å². The summed E-state index contributed by atoms with van der Waals surface area (Å²) in [7, 11) is 0. The number of halogens is 2. The van der Waals surface area contributed by atoms with Crippen molar-refractivity contribution in [2.24, 2.45) is 5.73 Å². The van der Waals surface area contributed by atoms with E-state index < -0.39 is 11.4 Å². The normalized spacial score (nSPS) is 14.4. The average molecular weight is 251 g/mol. The second-order valence-corrected chi connectivity index (χ2v) is 4.50. The van der Waals surface area contributed by atoms with Gasteiger partial charge in [0.25, 0.3) is 0 Å². The van der Waals surface area contributed by atoms with Crippen LogP contribution in [0, 0.1) is 5.82 Å². The van der Waals surface area contributed by atoms with Gasteiger partial charge in [-0.2, -0.15) is 0 Å². The van der Waals surface area contributed by atoms with Gasteiger partial charge in [0.05, 0.1) is 11.7 Å². The summed E-state index contributed by atoms with van der Waals surface area (Å²) in [5.41, 5.74) is 6.43. The van der Waals surface area contributed by atoms with Crippen molar-refractivity contribution in [3.63, 3.8) is 0 Å². The summed E-state index contributed by atoms with van der Waals surface area (Å²) < 4.78 is 13.7. The van der Waals surface area contributed by atoms with Crippen LogP contribution in [0.5, 0.6) is 0 Å². The Morgan fingerprint density at radius 2 is 2.12 bits per heavy atom. The first-order valence-corrected chi connectivity index (χ1v) is 5.54. The Morgan fingerprint density at radius 3 is 2.76 bits per heavy atom. The number of nitrogens with two attached hydrogens (primary N) is 1. The van der Waals surface area contributed by atoms with E-state index in [1.165, 1.54) is 6.20 Å². The van der Waals surface area contributed by atoms with E-state index in [0.717, 1.165) is 11.8 Å². The van der Waals surface area contributed by atoms with Gasteiger partial charge in [0.2, 0.25) is 0 Å². The molecule has 1 atom stereocenters. The van der Waals surface area contributed by atoms with Crippen LogP contribution in [0.1, 0.15) is 18.1 Å². The van der Waals surface area contributed by atoms with E-state index in [4.69, 9.17) is 17.3 Å². The molecule has 88 valence electrons. The predicted molar refractivity (Wildman–Crippen MR) is 66.3 cm³/mol. The second-order valence-electron chi connectivity index (χ2n) is 4.07. The van der Waals surface area contributed by atoms with Crippen LogP contribution in [0.3, 0.4) is 0 Å². The predicted octanol–water partition coefficient (Wildman–Crippen LogP) is 3.10. The lowest BCUT2D eigenvalue weighted by Gasteiger charge is -2.26. The van der Waals surface area contributed by atoms with E-state index in [0.29, 0.717) is 10.6 Å². The van der Waals surface area contributed by atoms with Crippen LogP contribution in [0.4, 0.5) is 4.39 Å². The van der Waals surface area contributed by atoms with Gasteiger partial charge in [-0.25, -0.2) is 4.39 Å². The SMILES string of the molecule is CC(N)(c1cccc(Cl)c1)c1ccncc1F. The van der Waals surface area contributed by atoms with Crippen molar-refractivity contribution < 1.29 is 4.39 Å². The molecule has 2 nitrogen and oxygen atoms in total. The monoisotopic (exact) mass is 250 g/mol. The number of pyridine rings is 1. The lowest BCUT2D eigenvalue weighted by Crippen LogP contribution is -2.35. The highest BCUT2D eigenvalue weighted by Crippen LogP contribution is 2.29. The highest BCUT2D eigenvalue weighted by Gasteiger charge is 2.27. The van der Waals surface area contributed by atoms with Crippen LogP contribution >= 0.6 is 11.6 Å². The molecule has 0 aliphatic rings. The third-order valence-electron chi connectivity index (χ3n) is 2.76. The summed E-state index contributed by atoms with van der Waals surface area (Å²) in [6.45, 7) is 1.75. The van der Waals surface area contributed by atoms with Crippen LogP contribution in [-0.2, 0) is 5.54 Å². The zero-order chi connectivity index (χ0) is 12.5. The average Bonchev–Trinajstić information content (AvgIpc) is 2.29. The highest BCUT2D eigenvalue weighted by molar-refractivity contribution is 6.30. The summed E-state index contributed by atoms with van der Waals surface area (Å²) in [5, 5.41) is 0.577. The van der Waals surface area contributed by atoms with Crippen molar-refractivity contribution in [1.82, 2.24) is 4.98 Å². The molecule has 0 saturated carbocycles. The molecule has 0 saturated heterocycles. The van der Waals surface area contributed by atoms with E-state index >= 15 is 0 Å². The number of benzene rings is 1. The lowest BCUT2D eigenvalue weighted by atomic mass is 9.86. The van der Waals surface area contributed by atoms with Gasteiger partial charge in [0, 0.05) is 16.8 Å². The quantitative estimate of drug-likeness (QED) is 0.890. The van der Waals surface area contributed by atoms with Crippen molar-refractivity contribution in [2.45, 2.75) is 12.5 Å². The first-order valence-electron chi connectivity index (χ1n) is 5.17. The molecule has 17 heavy (non-hydrogen) atoms. The molecule has 1 heterocycles. The fourth-order valence-corrected chi connectivity index (χ4v) is 1.95. The third-order valence-corrected chi connectivity index (χ3v) is 2.99. The minimum atomic E-state index is -0.933. The van der Waals surface area contributed by atoms with Crippen molar-refractivity contribution >= 4 is 11.6 Å². The van der Waals surface area contributed by atoms with Gasteiger partial charge in [-0.3, -0.25) is 4.98 Å². The van der Waals surface area contributed by atoms with Gasteiger partial charge in [-0.15, -0.1) is 0 Å². The van der Waals surface area contributed by atoms with Gasteiger partial charge in [-0.05, 0) is 30.7 Å². The lowest BCUT2D eigenvalue weighted by molar-refractivity contribution is 0.527. The molecule has 1 aromatic carbocycles. The molecule has 0 amide bonds. The molecule has 0 spiro atoms. The fraction of sp³-hybridized carbons (Fsp3) is 0.154. The van der Waals surface area contributed by atoms with E-state index in [-0.39, 0.29) is 0 Å². The molecule has 0 radical (unpaired) electrons. The summed E-state index contributed by atoms with van der Waals surface area (Å²) in [4.78, 5) is 3.71. The highest BCUT2D eigenvalue weighted by atomic mass is 35.5. The van der Waals surface area contributed by atoms with Crippen LogP contribution in [0.15, 0.2) is 42.7 Å². The van der Waals surface area contributed by atoms with Crippen LogP contribution in [0.2, 0.25) is 5.02 Å². The minimum absolute atomic E-state index is 0.398. The molecule has 1 aromatic heterocycles. The maximum absolute atomic E-state index is 13.7. The van der Waals surface area contributed by atoms with Gasteiger partial charge < -0.3 is 5.73 Å². The maximum atomic E-state index is 13.7. The molecule has 4 heteroatoms. The standard InChI is InChI=1S/C13H12ClFN2/c1-13(16,9-3-2-4-10(14)7-9)11-5-6-17-8-12(11)15/h2-8H,16H2,1H3. The molecular weight excluding hydrogens is 239 g/mol. The summed E-state index contributed by atoms with van der Waals surface area (Å²) in [6.07, 6.45) is 2.68. The molecule has 0 bridgehead atoms. The largest absolute Gasteiger partial charge is 0.318 e. The first-order chi connectivity index (χ1) is 8.01. The Balaban J connectivity index is 2.53. The third kappa shape index (κ3) is 2.30. The number of aromatic nitrogens is 1. The molecule has 2 rings (SSSR count). The molecular formula is C13H12ClFN2. The first kappa shape index (κ1) is 12.0. The van der Waals surface area contributed by atoms with E-state index in [1.807, 2.05) is 6.07 Å². The smallest absolute Gasteiger partial charge is 0.146 e. The van der Waals surface area contributed by atoms with Crippen LogP contribution < -0.4 is 5.73 Å². The van der Waals surface area contributed by atoms with E-state index in [1.54, 1.807) is 31.2 Å². The Bertz CT molecular complexity index is 540. The number of hydrogen-bond acceptors (Lipinski definition) is 2. The van der Waals surface area contributed by atoms with E-state index in [2.05, 4.69) is 4.98 Å². The minimum Gasteiger partial charge on any atom is -0.318 e. The van der Waals surface area contributed by atoms with Crippen molar-refractivity contribution in [2.75, 3.05) is 0 Å². The molecule has 0 aliphatic carbocycles. The van der Waals surface area contributed by atoms with Crippen LogP contribution in [0.25, 0.3) is 0 Å². The number of hydrogen-bond donors (Lipinski definition) is 1. The van der Waals surface area contributed by atoms with Crippen molar-refractivity contribution in [3.8, 4) is 0 Å².